The fraction of sp³-hybridized carbons (Fsp3) is 0.235. The lowest BCUT2D eigenvalue weighted by Crippen LogP contribution is -2.40. The maximum Gasteiger partial charge on any atom is 0.244 e. The number of para-hydroxylation sites is 1. The molecule has 0 aliphatic carbocycles. The van der Waals surface area contributed by atoms with E-state index >= 15 is 0 Å². The zero-order valence-electron chi connectivity index (χ0n) is 13.3. The first-order chi connectivity index (χ1) is 12.0. The largest absolute Gasteiger partial charge is 0.507 e. The van der Waals surface area contributed by atoms with Crippen LogP contribution in [0.25, 0.3) is 0 Å². The van der Waals surface area contributed by atoms with Crippen molar-refractivity contribution in [1.29, 1.82) is 0 Å². The summed E-state index contributed by atoms with van der Waals surface area (Å²) in [6.45, 7) is 1.32. The summed E-state index contributed by atoms with van der Waals surface area (Å²) < 4.78 is 32.1. The molecule has 1 fully saturated rings. The molecule has 1 aliphatic heterocycles. The molecule has 0 spiro atoms. The first-order valence-electron chi connectivity index (χ1n) is 7.68. The minimum absolute atomic E-state index is 0.0167. The van der Waals surface area contributed by atoms with Crippen molar-refractivity contribution in [3.8, 4) is 5.75 Å². The Kier molecular flexibility index (Phi) is 5.39. The van der Waals surface area contributed by atoms with Gasteiger partial charge in [-0.2, -0.15) is 4.31 Å². The number of halogens is 1. The molecule has 6 nitrogen and oxygen atoms in total. The lowest BCUT2D eigenvalue weighted by molar-refractivity contribution is 0.0730. The first-order valence-corrected chi connectivity index (χ1v) is 9.50. The standard InChI is InChI=1S/C17H17ClN2O4S/c18-15-6-5-14(19-12-13-3-1-2-4-16(13)21)11-17(15)25(22,23)20-7-9-24-10-8-20/h1-6,11-12,21H,7-10H2. The van der Waals surface area contributed by atoms with Crippen LogP contribution in [0, 0.1) is 0 Å². The van der Waals surface area contributed by atoms with Crippen LogP contribution in [-0.2, 0) is 14.8 Å². The van der Waals surface area contributed by atoms with Crippen molar-refractivity contribution in [2.24, 2.45) is 4.99 Å². The van der Waals surface area contributed by atoms with Gasteiger partial charge in [-0.1, -0.05) is 23.7 Å². The Morgan fingerprint density at radius 2 is 1.88 bits per heavy atom. The third-order valence-electron chi connectivity index (χ3n) is 3.79. The molecular weight excluding hydrogens is 364 g/mol. The minimum atomic E-state index is -3.71. The van der Waals surface area contributed by atoms with Gasteiger partial charge in [-0.15, -0.1) is 0 Å². The van der Waals surface area contributed by atoms with E-state index in [1.165, 1.54) is 22.7 Å². The highest BCUT2D eigenvalue weighted by atomic mass is 35.5. The van der Waals surface area contributed by atoms with Crippen molar-refractivity contribution in [2.75, 3.05) is 26.3 Å². The molecule has 1 saturated heterocycles. The topological polar surface area (TPSA) is 79.2 Å². The van der Waals surface area contributed by atoms with Crippen LogP contribution in [-0.4, -0.2) is 50.3 Å². The number of morpholine rings is 1. The number of ether oxygens (including phenoxy) is 1. The second kappa shape index (κ2) is 7.53. The molecule has 1 aliphatic rings. The predicted octanol–water partition coefficient (Wildman–Crippen LogP) is 2.82. The van der Waals surface area contributed by atoms with E-state index in [1.54, 1.807) is 30.3 Å². The monoisotopic (exact) mass is 380 g/mol. The zero-order chi connectivity index (χ0) is 17.9. The Bertz CT molecular complexity index is 893. The van der Waals surface area contributed by atoms with Crippen LogP contribution < -0.4 is 0 Å². The van der Waals surface area contributed by atoms with Gasteiger partial charge in [0.1, 0.15) is 10.6 Å². The fourth-order valence-corrected chi connectivity index (χ4v) is 4.34. The molecule has 8 heteroatoms. The van der Waals surface area contributed by atoms with Gasteiger partial charge in [0.15, 0.2) is 0 Å². The van der Waals surface area contributed by atoms with E-state index in [1.807, 2.05) is 0 Å². The van der Waals surface area contributed by atoms with Crippen LogP contribution in [0.15, 0.2) is 52.4 Å². The number of aromatic hydroxyl groups is 1. The van der Waals surface area contributed by atoms with E-state index in [-0.39, 0.29) is 15.7 Å². The molecule has 3 rings (SSSR count). The van der Waals surface area contributed by atoms with Crippen LogP contribution in [0.4, 0.5) is 5.69 Å². The minimum Gasteiger partial charge on any atom is -0.507 e. The van der Waals surface area contributed by atoms with Crippen molar-refractivity contribution in [2.45, 2.75) is 4.90 Å². The SMILES string of the molecule is O=S(=O)(c1cc(N=Cc2ccccc2O)ccc1Cl)N1CCOCC1. The Morgan fingerprint density at radius 3 is 2.60 bits per heavy atom. The van der Waals surface area contributed by atoms with Gasteiger partial charge in [-0.3, -0.25) is 4.99 Å². The summed E-state index contributed by atoms with van der Waals surface area (Å²) in [5.74, 6) is 0.0985. The first kappa shape index (κ1) is 17.9. The van der Waals surface area contributed by atoms with Crippen molar-refractivity contribution < 1.29 is 18.3 Å². The Labute approximate surface area is 151 Å². The van der Waals surface area contributed by atoms with Crippen LogP contribution in [0.3, 0.4) is 0 Å². The third kappa shape index (κ3) is 4.01. The second-order valence-electron chi connectivity index (χ2n) is 5.45. The van der Waals surface area contributed by atoms with Crippen LogP contribution in [0.5, 0.6) is 5.75 Å². The van der Waals surface area contributed by atoms with Crippen LogP contribution in [0.1, 0.15) is 5.56 Å². The predicted molar refractivity (Wildman–Crippen MR) is 96.4 cm³/mol. The van der Waals surface area contributed by atoms with E-state index < -0.39 is 10.0 Å². The molecule has 0 atom stereocenters. The molecule has 0 aromatic heterocycles. The fourth-order valence-electron chi connectivity index (χ4n) is 2.44. The average Bonchev–Trinajstić information content (AvgIpc) is 2.63. The Hall–Kier alpha value is -1.93. The van der Waals surface area contributed by atoms with Crippen molar-refractivity contribution in [3.05, 3.63) is 53.1 Å². The normalized spacial score (nSPS) is 16.4. The van der Waals surface area contributed by atoms with E-state index in [2.05, 4.69) is 4.99 Å². The van der Waals surface area contributed by atoms with Crippen LogP contribution >= 0.6 is 11.6 Å². The summed E-state index contributed by atoms with van der Waals surface area (Å²) in [4.78, 5) is 4.26. The van der Waals surface area contributed by atoms with Gasteiger partial charge in [-0.25, -0.2) is 8.42 Å². The van der Waals surface area contributed by atoms with Crippen molar-refractivity contribution >= 4 is 33.5 Å². The smallest absolute Gasteiger partial charge is 0.244 e. The molecule has 2 aromatic carbocycles. The maximum absolute atomic E-state index is 12.8. The molecule has 0 amide bonds. The van der Waals surface area contributed by atoms with Gasteiger partial charge < -0.3 is 9.84 Å². The number of benzene rings is 2. The zero-order valence-corrected chi connectivity index (χ0v) is 14.9. The van der Waals surface area contributed by atoms with E-state index in [0.29, 0.717) is 37.6 Å². The number of rotatable bonds is 4. The lowest BCUT2D eigenvalue weighted by atomic mass is 10.2. The summed E-state index contributed by atoms with van der Waals surface area (Å²) in [7, 11) is -3.71. The molecule has 0 saturated carbocycles. The van der Waals surface area contributed by atoms with Crippen molar-refractivity contribution in [1.82, 2.24) is 4.31 Å². The summed E-state index contributed by atoms with van der Waals surface area (Å²) in [6.07, 6.45) is 1.48. The third-order valence-corrected chi connectivity index (χ3v) is 6.17. The summed E-state index contributed by atoms with van der Waals surface area (Å²) in [6, 6.07) is 11.3. The number of aliphatic imine (C=N–C) groups is 1. The summed E-state index contributed by atoms with van der Waals surface area (Å²) >= 11 is 6.11. The second-order valence-corrected chi connectivity index (χ2v) is 7.76. The molecule has 2 aromatic rings. The Morgan fingerprint density at radius 1 is 1.16 bits per heavy atom. The molecule has 0 unspecified atom stereocenters. The number of phenols is 1. The molecule has 1 heterocycles. The molecule has 25 heavy (non-hydrogen) atoms. The Balaban J connectivity index is 1.92. The maximum atomic E-state index is 12.8. The quantitative estimate of drug-likeness (QED) is 0.827. The molecule has 0 bridgehead atoms. The number of hydrogen-bond acceptors (Lipinski definition) is 5. The van der Waals surface area contributed by atoms with Gasteiger partial charge in [-0.05, 0) is 30.3 Å². The number of sulfonamides is 1. The summed E-state index contributed by atoms with van der Waals surface area (Å²) in [5, 5.41) is 9.91. The molecule has 0 radical (unpaired) electrons. The van der Waals surface area contributed by atoms with E-state index in [0.717, 1.165) is 0 Å². The van der Waals surface area contributed by atoms with E-state index in [9.17, 15) is 13.5 Å². The lowest BCUT2D eigenvalue weighted by Gasteiger charge is -2.26. The van der Waals surface area contributed by atoms with Crippen LogP contribution in [0.2, 0.25) is 5.02 Å². The average molecular weight is 381 g/mol. The number of phenolic OH excluding ortho intramolecular Hbond substituents is 1. The van der Waals surface area contributed by atoms with E-state index in [4.69, 9.17) is 16.3 Å². The van der Waals surface area contributed by atoms with Gasteiger partial charge in [0.2, 0.25) is 10.0 Å². The highest BCUT2D eigenvalue weighted by Gasteiger charge is 2.28. The molecule has 1 N–H and O–H groups in total. The molecular formula is C17H17ClN2O4S. The highest BCUT2D eigenvalue weighted by Crippen LogP contribution is 2.29. The highest BCUT2D eigenvalue weighted by molar-refractivity contribution is 7.89. The van der Waals surface area contributed by atoms with Crippen molar-refractivity contribution in [3.63, 3.8) is 0 Å². The van der Waals surface area contributed by atoms with Gasteiger partial charge in [0, 0.05) is 24.9 Å². The molecule has 132 valence electrons. The summed E-state index contributed by atoms with van der Waals surface area (Å²) in [5.41, 5.74) is 0.967. The number of nitrogens with zero attached hydrogens (tertiary/aromatic N) is 2. The van der Waals surface area contributed by atoms with Gasteiger partial charge in [0.05, 0.1) is 23.9 Å². The number of hydrogen-bond donors (Lipinski definition) is 1. The van der Waals surface area contributed by atoms with Gasteiger partial charge in [0.25, 0.3) is 0 Å². The van der Waals surface area contributed by atoms with Gasteiger partial charge >= 0.3 is 0 Å².